The van der Waals surface area contributed by atoms with E-state index in [0.717, 1.165) is 37.4 Å². The Morgan fingerprint density at radius 1 is 1.03 bits per heavy atom. The van der Waals surface area contributed by atoms with Gasteiger partial charge in [-0.15, -0.1) is 0 Å². The lowest BCUT2D eigenvalue weighted by atomic mass is 9.94. The molecule has 0 saturated carbocycles. The first-order valence-electron chi connectivity index (χ1n) is 10.7. The molecular weight excluding hydrogens is 356 g/mol. The van der Waals surface area contributed by atoms with Crippen LogP contribution in [0.25, 0.3) is 11.1 Å². The van der Waals surface area contributed by atoms with Gasteiger partial charge in [-0.25, -0.2) is 0 Å². The standard InChI is InChI=1S/C27H30O2/c1-4-22-8-6-10-26(20(22)3)23-9-5-7-21(16-23)18-29-25-12-11-24-15-19(2)13-14-28-27(24)17-25/h5-12,16-17,19H,4,13-15,18H2,1-3H3. The molecule has 29 heavy (non-hydrogen) atoms. The summed E-state index contributed by atoms with van der Waals surface area (Å²) in [6.45, 7) is 8.05. The lowest BCUT2D eigenvalue weighted by molar-refractivity contribution is 0.289. The van der Waals surface area contributed by atoms with Crippen LogP contribution in [0.4, 0.5) is 0 Å². The van der Waals surface area contributed by atoms with Crippen LogP contribution in [-0.4, -0.2) is 6.61 Å². The van der Waals surface area contributed by atoms with E-state index in [4.69, 9.17) is 9.47 Å². The zero-order chi connectivity index (χ0) is 20.2. The molecule has 1 heterocycles. The maximum absolute atomic E-state index is 6.11. The van der Waals surface area contributed by atoms with Crippen molar-refractivity contribution in [3.63, 3.8) is 0 Å². The first kappa shape index (κ1) is 19.6. The van der Waals surface area contributed by atoms with Gasteiger partial charge in [-0.1, -0.05) is 56.3 Å². The molecule has 1 unspecified atom stereocenters. The second-order valence-electron chi connectivity index (χ2n) is 8.15. The topological polar surface area (TPSA) is 18.5 Å². The molecule has 0 radical (unpaired) electrons. The number of hydrogen-bond donors (Lipinski definition) is 0. The molecule has 150 valence electrons. The van der Waals surface area contributed by atoms with Gasteiger partial charge in [0.15, 0.2) is 0 Å². The van der Waals surface area contributed by atoms with Crippen molar-refractivity contribution in [2.24, 2.45) is 5.92 Å². The molecule has 1 aliphatic rings. The van der Waals surface area contributed by atoms with E-state index in [9.17, 15) is 0 Å². The summed E-state index contributed by atoms with van der Waals surface area (Å²) < 4.78 is 12.1. The van der Waals surface area contributed by atoms with Crippen molar-refractivity contribution < 1.29 is 9.47 Å². The Bertz CT molecular complexity index is 990. The third-order valence-electron chi connectivity index (χ3n) is 5.95. The number of rotatable bonds is 5. The van der Waals surface area contributed by atoms with Gasteiger partial charge in [-0.2, -0.15) is 0 Å². The lowest BCUT2D eigenvalue weighted by Gasteiger charge is -2.13. The molecular formula is C27H30O2. The largest absolute Gasteiger partial charge is 0.493 e. The molecule has 3 aromatic rings. The zero-order valence-corrected chi connectivity index (χ0v) is 17.7. The van der Waals surface area contributed by atoms with E-state index in [1.165, 1.54) is 33.4 Å². The molecule has 0 saturated heterocycles. The summed E-state index contributed by atoms with van der Waals surface area (Å²) in [5.74, 6) is 2.51. The average Bonchev–Trinajstić information content (AvgIpc) is 2.92. The van der Waals surface area contributed by atoms with E-state index in [0.29, 0.717) is 12.5 Å². The predicted molar refractivity (Wildman–Crippen MR) is 120 cm³/mol. The lowest BCUT2D eigenvalue weighted by Crippen LogP contribution is -2.00. The Morgan fingerprint density at radius 2 is 1.90 bits per heavy atom. The van der Waals surface area contributed by atoms with Crippen molar-refractivity contribution in [3.8, 4) is 22.6 Å². The quantitative estimate of drug-likeness (QED) is 0.482. The summed E-state index contributed by atoms with van der Waals surface area (Å²) in [7, 11) is 0. The van der Waals surface area contributed by atoms with Crippen LogP contribution in [0.2, 0.25) is 0 Å². The van der Waals surface area contributed by atoms with Crippen LogP contribution in [0.3, 0.4) is 0 Å². The highest BCUT2D eigenvalue weighted by Gasteiger charge is 2.15. The molecule has 1 aliphatic heterocycles. The summed E-state index contributed by atoms with van der Waals surface area (Å²) in [6, 6.07) is 21.5. The smallest absolute Gasteiger partial charge is 0.126 e. The van der Waals surface area contributed by atoms with E-state index < -0.39 is 0 Å². The summed E-state index contributed by atoms with van der Waals surface area (Å²) in [4.78, 5) is 0. The van der Waals surface area contributed by atoms with Gasteiger partial charge in [0.25, 0.3) is 0 Å². The minimum atomic E-state index is 0.551. The number of aryl methyl sites for hydroxylation is 1. The minimum Gasteiger partial charge on any atom is -0.493 e. The molecule has 0 amide bonds. The number of benzene rings is 3. The maximum atomic E-state index is 6.11. The Kier molecular flexibility index (Phi) is 5.89. The third-order valence-corrected chi connectivity index (χ3v) is 5.95. The number of fused-ring (bicyclic) bond motifs is 1. The van der Waals surface area contributed by atoms with Crippen molar-refractivity contribution in [1.29, 1.82) is 0 Å². The number of hydrogen-bond acceptors (Lipinski definition) is 2. The molecule has 0 fully saturated rings. The van der Waals surface area contributed by atoms with Crippen LogP contribution in [-0.2, 0) is 19.4 Å². The van der Waals surface area contributed by atoms with Crippen molar-refractivity contribution >= 4 is 0 Å². The third kappa shape index (κ3) is 4.48. The number of ether oxygens (including phenoxy) is 2. The fourth-order valence-corrected chi connectivity index (χ4v) is 4.15. The molecule has 1 atom stereocenters. The summed E-state index contributed by atoms with van der Waals surface area (Å²) in [6.07, 6.45) is 3.24. The SMILES string of the molecule is CCc1cccc(-c2cccc(COc3ccc4c(c3)OCCC(C)C4)c2)c1C. The first-order valence-corrected chi connectivity index (χ1v) is 10.7. The maximum Gasteiger partial charge on any atom is 0.126 e. The molecule has 0 aliphatic carbocycles. The van der Waals surface area contributed by atoms with E-state index in [2.05, 4.69) is 75.4 Å². The molecule has 0 spiro atoms. The normalized spacial score (nSPS) is 15.9. The minimum absolute atomic E-state index is 0.551. The molecule has 0 aromatic heterocycles. The van der Waals surface area contributed by atoms with Crippen molar-refractivity contribution in [1.82, 2.24) is 0 Å². The van der Waals surface area contributed by atoms with Gasteiger partial charge in [-0.05, 0) is 77.6 Å². The predicted octanol–water partition coefficient (Wildman–Crippen LogP) is 6.76. The van der Waals surface area contributed by atoms with Crippen LogP contribution < -0.4 is 9.47 Å². The van der Waals surface area contributed by atoms with Gasteiger partial charge in [0.05, 0.1) is 6.61 Å². The molecule has 4 rings (SSSR count). The monoisotopic (exact) mass is 386 g/mol. The van der Waals surface area contributed by atoms with Gasteiger partial charge >= 0.3 is 0 Å². The van der Waals surface area contributed by atoms with Crippen LogP contribution in [0, 0.1) is 12.8 Å². The zero-order valence-electron chi connectivity index (χ0n) is 17.7. The summed E-state index contributed by atoms with van der Waals surface area (Å²) >= 11 is 0. The Morgan fingerprint density at radius 3 is 2.76 bits per heavy atom. The molecule has 3 aromatic carbocycles. The van der Waals surface area contributed by atoms with Gasteiger partial charge in [0, 0.05) is 6.07 Å². The van der Waals surface area contributed by atoms with Crippen LogP contribution in [0.5, 0.6) is 11.5 Å². The summed E-state index contributed by atoms with van der Waals surface area (Å²) in [5.41, 5.74) is 7.79. The highest BCUT2D eigenvalue weighted by Crippen LogP contribution is 2.31. The highest BCUT2D eigenvalue weighted by molar-refractivity contribution is 5.69. The van der Waals surface area contributed by atoms with Crippen molar-refractivity contribution in [2.75, 3.05) is 6.61 Å². The molecule has 2 nitrogen and oxygen atoms in total. The highest BCUT2D eigenvalue weighted by atomic mass is 16.5. The van der Waals surface area contributed by atoms with Gasteiger partial charge in [-0.3, -0.25) is 0 Å². The molecule has 0 N–H and O–H groups in total. The Balaban J connectivity index is 1.50. The van der Waals surface area contributed by atoms with Crippen LogP contribution in [0.1, 0.15) is 42.5 Å². The summed E-state index contributed by atoms with van der Waals surface area (Å²) in [5, 5.41) is 0. The Hall–Kier alpha value is -2.74. The second kappa shape index (κ2) is 8.73. The van der Waals surface area contributed by atoms with Crippen LogP contribution >= 0.6 is 0 Å². The van der Waals surface area contributed by atoms with E-state index in [-0.39, 0.29) is 0 Å². The molecule has 2 heteroatoms. The van der Waals surface area contributed by atoms with E-state index in [1.807, 2.05) is 6.07 Å². The van der Waals surface area contributed by atoms with Crippen molar-refractivity contribution in [2.45, 2.75) is 46.6 Å². The van der Waals surface area contributed by atoms with Gasteiger partial charge in [0.1, 0.15) is 18.1 Å². The average molecular weight is 387 g/mol. The van der Waals surface area contributed by atoms with Gasteiger partial charge in [0.2, 0.25) is 0 Å². The van der Waals surface area contributed by atoms with Gasteiger partial charge < -0.3 is 9.47 Å². The fraction of sp³-hybridized carbons (Fsp3) is 0.333. The fourth-order valence-electron chi connectivity index (χ4n) is 4.15. The van der Waals surface area contributed by atoms with Crippen LogP contribution in [0.15, 0.2) is 60.7 Å². The van der Waals surface area contributed by atoms with E-state index in [1.54, 1.807) is 0 Å². The second-order valence-corrected chi connectivity index (χ2v) is 8.15. The van der Waals surface area contributed by atoms with Crippen molar-refractivity contribution in [3.05, 3.63) is 82.9 Å². The van der Waals surface area contributed by atoms with E-state index >= 15 is 0 Å². The first-order chi connectivity index (χ1) is 14.1. The molecule has 0 bridgehead atoms. The Labute approximate surface area is 174 Å².